The molecule has 2 aromatic rings. The van der Waals surface area contributed by atoms with E-state index in [-0.39, 0.29) is 0 Å². The minimum absolute atomic E-state index is 0.623. The van der Waals surface area contributed by atoms with Crippen molar-refractivity contribution in [2.45, 2.75) is 90.6 Å². The molecule has 29 heavy (non-hydrogen) atoms. The molecule has 0 aliphatic rings. The SMILES string of the molecule is CCCCCCCCOc1cnc(-c2ccc(CCCCC(F)CC)cc2)nc1. The summed E-state index contributed by atoms with van der Waals surface area (Å²) in [5.41, 5.74) is 2.28. The topological polar surface area (TPSA) is 35.0 Å². The second kappa shape index (κ2) is 14.1. The number of benzene rings is 1. The molecule has 1 heterocycles. The molecule has 0 amide bonds. The van der Waals surface area contributed by atoms with Crippen LogP contribution in [0.5, 0.6) is 5.75 Å². The Bertz CT molecular complexity index is 658. The van der Waals surface area contributed by atoms with E-state index in [0.717, 1.165) is 43.6 Å². The highest BCUT2D eigenvalue weighted by atomic mass is 19.1. The van der Waals surface area contributed by atoms with Gasteiger partial charge in [-0.15, -0.1) is 0 Å². The molecule has 2 rings (SSSR count). The van der Waals surface area contributed by atoms with Gasteiger partial charge in [0.05, 0.1) is 25.2 Å². The van der Waals surface area contributed by atoms with Gasteiger partial charge in [0.1, 0.15) is 0 Å². The monoisotopic (exact) mass is 400 g/mol. The summed E-state index contributed by atoms with van der Waals surface area (Å²) in [7, 11) is 0. The molecule has 0 spiro atoms. The van der Waals surface area contributed by atoms with Gasteiger partial charge >= 0.3 is 0 Å². The van der Waals surface area contributed by atoms with Gasteiger partial charge < -0.3 is 4.74 Å². The third-order valence-corrected chi connectivity index (χ3v) is 5.28. The van der Waals surface area contributed by atoms with Crippen LogP contribution in [0.2, 0.25) is 0 Å². The van der Waals surface area contributed by atoms with Crippen LogP contribution in [0.4, 0.5) is 4.39 Å². The standard InChI is InChI=1S/C25H37FN2O/c1-3-5-6-7-8-11-18-29-24-19-27-25(28-20-24)22-16-14-21(15-17-22)12-9-10-13-23(26)4-2/h14-17,19-20,23H,3-13,18H2,1-2H3. The Balaban J connectivity index is 1.70. The van der Waals surface area contributed by atoms with E-state index in [1.54, 1.807) is 12.4 Å². The van der Waals surface area contributed by atoms with Crippen molar-refractivity contribution in [1.82, 2.24) is 9.97 Å². The highest BCUT2D eigenvalue weighted by Crippen LogP contribution is 2.19. The van der Waals surface area contributed by atoms with E-state index in [1.807, 2.05) is 6.92 Å². The minimum atomic E-state index is -0.646. The van der Waals surface area contributed by atoms with Crippen molar-refractivity contribution in [1.29, 1.82) is 0 Å². The Morgan fingerprint density at radius 1 is 0.862 bits per heavy atom. The molecular formula is C25H37FN2O. The van der Waals surface area contributed by atoms with Crippen LogP contribution in [-0.4, -0.2) is 22.7 Å². The lowest BCUT2D eigenvalue weighted by Gasteiger charge is -2.07. The third-order valence-electron chi connectivity index (χ3n) is 5.28. The predicted molar refractivity (Wildman–Crippen MR) is 119 cm³/mol. The van der Waals surface area contributed by atoms with Crippen molar-refractivity contribution in [3.8, 4) is 17.1 Å². The van der Waals surface area contributed by atoms with Crippen molar-refractivity contribution >= 4 is 0 Å². The van der Waals surface area contributed by atoms with Crippen molar-refractivity contribution in [3.63, 3.8) is 0 Å². The largest absolute Gasteiger partial charge is 0.490 e. The quantitative estimate of drug-likeness (QED) is 0.293. The van der Waals surface area contributed by atoms with Gasteiger partial charge in [0, 0.05) is 5.56 Å². The van der Waals surface area contributed by atoms with Crippen LogP contribution in [0, 0.1) is 0 Å². The summed E-state index contributed by atoms with van der Waals surface area (Å²) in [6, 6.07) is 8.36. The normalized spacial score (nSPS) is 12.1. The Morgan fingerprint density at radius 2 is 1.55 bits per heavy atom. The number of aryl methyl sites for hydroxylation is 1. The van der Waals surface area contributed by atoms with Crippen LogP contribution < -0.4 is 4.74 Å². The number of nitrogens with zero attached hydrogens (tertiary/aromatic N) is 2. The molecular weight excluding hydrogens is 363 g/mol. The molecule has 1 atom stereocenters. The molecule has 4 heteroatoms. The maximum absolute atomic E-state index is 13.2. The fourth-order valence-corrected chi connectivity index (χ4v) is 3.33. The van der Waals surface area contributed by atoms with Gasteiger partial charge in [0.25, 0.3) is 0 Å². The molecule has 3 nitrogen and oxygen atoms in total. The van der Waals surface area contributed by atoms with Gasteiger partial charge in [-0.1, -0.05) is 76.6 Å². The first-order valence-electron chi connectivity index (χ1n) is 11.4. The zero-order chi connectivity index (χ0) is 20.7. The van der Waals surface area contributed by atoms with Gasteiger partial charge in [-0.3, -0.25) is 0 Å². The van der Waals surface area contributed by atoms with E-state index >= 15 is 0 Å². The van der Waals surface area contributed by atoms with Crippen molar-refractivity contribution in [2.24, 2.45) is 0 Å². The fraction of sp³-hybridized carbons (Fsp3) is 0.600. The molecule has 160 valence electrons. The van der Waals surface area contributed by atoms with Gasteiger partial charge in [0.2, 0.25) is 0 Å². The molecule has 1 unspecified atom stereocenters. The molecule has 0 saturated carbocycles. The minimum Gasteiger partial charge on any atom is -0.490 e. The number of halogens is 1. The second-order valence-corrected chi connectivity index (χ2v) is 7.81. The highest BCUT2D eigenvalue weighted by Gasteiger charge is 2.05. The summed E-state index contributed by atoms with van der Waals surface area (Å²) in [5.74, 6) is 1.45. The Kier molecular flexibility index (Phi) is 11.3. The van der Waals surface area contributed by atoms with E-state index in [4.69, 9.17) is 4.74 Å². The lowest BCUT2D eigenvalue weighted by atomic mass is 10.0. The van der Waals surface area contributed by atoms with E-state index < -0.39 is 6.17 Å². The Labute approximate surface area is 176 Å². The third kappa shape index (κ3) is 9.38. The summed E-state index contributed by atoms with van der Waals surface area (Å²) >= 11 is 0. The molecule has 0 radical (unpaired) electrons. The maximum Gasteiger partial charge on any atom is 0.159 e. The average Bonchev–Trinajstić information content (AvgIpc) is 2.77. The molecule has 1 aromatic heterocycles. The smallest absolute Gasteiger partial charge is 0.159 e. The highest BCUT2D eigenvalue weighted by molar-refractivity contribution is 5.55. The first kappa shape index (κ1) is 23.3. The summed E-state index contributed by atoms with van der Waals surface area (Å²) in [5, 5.41) is 0. The van der Waals surface area contributed by atoms with Crippen LogP contribution in [0.15, 0.2) is 36.7 Å². The Hall–Kier alpha value is -1.97. The zero-order valence-electron chi connectivity index (χ0n) is 18.2. The number of ether oxygens (including phenoxy) is 1. The van der Waals surface area contributed by atoms with Crippen LogP contribution >= 0.6 is 0 Å². The molecule has 0 saturated heterocycles. The van der Waals surface area contributed by atoms with Gasteiger partial charge in [-0.05, 0) is 37.7 Å². The van der Waals surface area contributed by atoms with E-state index in [2.05, 4.69) is 41.2 Å². The predicted octanol–water partition coefficient (Wildman–Crippen LogP) is 7.34. The van der Waals surface area contributed by atoms with Crippen molar-refractivity contribution < 1.29 is 9.13 Å². The summed E-state index contributed by atoms with van der Waals surface area (Å²) < 4.78 is 19.0. The molecule has 1 aromatic carbocycles. The van der Waals surface area contributed by atoms with Gasteiger partial charge in [-0.25, -0.2) is 14.4 Å². The maximum atomic E-state index is 13.2. The van der Waals surface area contributed by atoms with Crippen LogP contribution in [-0.2, 0) is 6.42 Å². The number of hydrogen-bond donors (Lipinski definition) is 0. The summed E-state index contributed by atoms with van der Waals surface area (Å²) in [6.07, 6.45) is 14.7. The van der Waals surface area contributed by atoms with Gasteiger partial charge in [0.15, 0.2) is 11.6 Å². The molecule has 0 bridgehead atoms. The van der Waals surface area contributed by atoms with Gasteiger partial charge in [-0.2, -0.15) is 0 Å². The molecule has 0 N–H and O–H groups in total. The van der Waals surface area contributed by atoms with Crippen molar-refractivity contribution in [3.05, 3.63) is 42.2 Å². The fourth-order valence-electron chi connectivity index (χ4n) is 3.33. The number of rotatable bonds is 15. The molecule has 0 fully saturated rings. The van der Waals surface area contributed by atoms with E-state index in [9.17, 15) is 4.39 Å². The second-order valence-electron chi connectivity index (χ2n) is 7.81. The molecule has 0 aliphatic heterocycles. The van der Waals surface area contributed by atoms with E-state index in [0.29, 0.717) is 18.7 Å². The summed E-state index contributed by atoms with van der Waals surface area (Å²) in [6.45, 7) is 4.87. The number of hydrogen-bond acceptors (Lipinski definition) is 3. The first-order valence-corrected chi connectivity index (χ1v) is 11.4. The number of aromatic nitrogens is 2. The van der Waals surface area contributed by atoms with Crippen LogP contribution in [0.1, 0.15) is 83.6 Å². The van der Waals surface area contributed by atoms with Crippen LogP contribution in [0.3, 0.4) is 0 Å². The number of alkyl halides is 1. The average molecular weight is 401 g/mol. The summed E-state index contributed by atoms with van der Waals surface area (Å²) in [4.78, 5) is 8.89. The van der Waals surface area contributed by atoms with E-state index in [1.165, 1.54) is 37.7 Å². The lowest BCUT2D eigenvalue weighted by Crippen LogP contribution is -1.99. The zero-order valence-corrected chi connectivity index (χ0v) is 18.2. The van der Waals surface area contributed by atoms with Crippen molar-refractivity contribution in [2.75, 3.05) is 6.61 Å². The Morgan fingerprint density at radius 3 is 2.24 bits per heavy atom. The van der Waals surface area contributed by atoms with Crippen LogP contribution in [0.25, 0.3) is 11.4 Å². The number of unbranched alkanes of at least 4 members (excludes halogenated alkanes) is 6. The lowest BCUT2D eigenvalue weighted by molar-refractivity contribution is 0.297. The first-order chi connectivity index (χ1) is 14.2. The molecule has 0 aliphatic carbocycles.